The molecule has 0 amide bonds. The van der Waals surface area contributed by atoms with E-state index in [1.807, 2.05) is 19.2 Å². The zero-order valence-corrected chi connectivity index (χ0v) is 19.0. The normalized spacial score (nSPS) is 14.7. The summed E-state index contributed by atoms with van der Waals surface area (Å²) in [5, 5.41) is 17.7. The summed E-state index contributed by atoms with van der Waals surface area (Å²) in [5.74, 6) is 0.448. The average molecular weight is 446 g/mol. The molecule has 0 saturated heterocycles. The molecule has 2 aromatic carbocycles. The summed E-state index contributed by atoms with van der Waals surface area (Å²) in [6.45, 7) is 7.29. The number of aromatic amines is 2. The summed E-state index contributed by atoms with van der Waals surface area (Å²) in [4.78, 5) is 10.4. The first kappa shape index (κ1) is 21.4. The number of phenols is 1. The van der Waals surface area contributed by atoms with Gasteiger partial charge in [-0.25, -0.2) is 9.37 Å². The zero-order valence-electron chi connectivity index (χ0n) is 19.0. The van der Waals surface area contributed by atoms with Crippen LogP contribution in [0.5, 0.6) is 5.75 Å². The topological polar surface area (TPSA) is 80.8 Å². The SMILES string of the molecule is CCCN1CC=C(c2c[nH]c(-c3n[nH]c4c(F)c(-c5ccc(O)cc5CC)ccc34)n2)CC1. The highest BCUT2D eigenvalue weighted by Crippen LogP contribution is 2.35. The molecule has 1 aliphatic rings. The average Bonchev–Trinajstić information content (AvgIpc) is 3.48. The predicted octanol–water partition coefficient (Wildman–Crippen LogP) is 5.53. The van der Waals surface area contributed by atoms with Crippen molar-refractivity contribution in [2.75, 3.05) is 19.6 Å². The molecule has 3 N–H and O–H groups in total. The fraction of sp³-hybridized carbons (Fsp3) is 0.308. The van der Waals surface area contributed by atoms with E-state index in [1.165, 1.54) is 5.57 Å². The molecule has 6 nitrogen and oxygen atoms in total. The Morgan fingerprint density at radius 2 is 2.00 bits per heavy atom. The molecule has 0 saturated carbocycles. The fourth-order valence-electron chi connectivity index (χ4n) is 4.65. The number of benzene rings is 2. The van der Waals surface area contributed by atoms with Crippen LogP contribution in [0.4, 0.5) is 4.39 Å². The van der Waals surface area contributed by atoms with Gasteiger partial charge < -0.3 is 10.1 Å². The standard InChI is InChI=1S/C26H28FN5O/c1-3-11-32-12-9-17(10-13-32)22-15-28-26(29-22)25-21-8-7-20(23(27)24(21)30-31-25)19-6-5-18(33)14-16(19)4-2/h5-9,14-15,33H,3-4,10-13H2,1-2H3,(H,28,29)(H,30,31). The van der Waals surface area contributed by atoms with Crippen molar-refractivity contribution in [1.29, 1.82) is 0 Å². The lowest BCUT2D eigenvalue weighted by Crippen LogP contribution is -2.29. The van der Waals surface area contributed by atoms with E-state index in [-0.39, 0.29) is 11.6 Å². The van der Waals surface area contributed by atoms with Gasteiger partial charge in [-0.3, -0.25) is 10.00 Å². The van der Waals surface area contributed by atoms with Crippen LogP contribution in [-0.2, 0) is 6.42 Å². The number of nitrogens with zero attached hydrogens (tertiary/aromatic N) is 3. The van der Waals surface area contributed by atoms with Crippen LogP contribution < -0.4 is 0 Å². The molecule has 0 atom stereocenters. The lowest BCUT2D eigenvalue weighted by atomic mass is 9.96. The van der Waals surface area contributed by atoms with Gasteiger partial charge in [0.15, 0.2) is 11.6 Å². The zero-order chi connectivity index (χ0) is 22.9. The molecule has 3 heterocycles. The van der Waals surface area contributed by atoms with Crippen LogP contribution in [0.2, 0.25) is 0 Å². The third-order valence-electron chi connectivity index (χ3n) is 6.40. The second-order valence-corrected chi connectivity index (χ2v) is 8.53. The summed E-state index contributed by atoms with van der Waals surface area (Å²) in [6, 6.07) is 8.68. The lowest BCUT2D eigenvalue weighted by Gasteiger charge is -2.25. The van der Waals surface area contributed by atoms with Crippen molar-refractivity contribution in [1.82, 2.24) is 25.1 Å². The van der Waals surface area contributed by atoms with Crippen LogP contribution in [-0.4, -0.2) is 49.8 Å². The van der Waals surface area contributed by atoms with Gasteiger partial charge in [0.05, 0.1) is 5.69 Å². The van der Waals surface area contributed by atoms with Gasteiger partial charge in [-0.1, -0.05) is 32.1 Å². The van der Waals surface area contributed by atoms with E-state index < -0.39 is 0 Å². The number of H-pyrrole nitrogens is 2. The third-order valence-corrected chi connectivity index (χ3v) is 6.40. The number of fused-ring (bicyclic) bond motifs is 1. The largest absolute Gasteiger partial charge is 0.508 e. The van der Waals surface area contributed by atoms with Crippen molar-refractivity contribution >= 4 is 16.5 Å². The van der Waals surface area contributed by atoms with Crippen molar-refractivity contribution in [3.05, 3.63) is 59.7 Å². The van der Waals surface area contributed by atoms with Crippen molar-refractivity contribution in [2.24, 2.45) is 0 Å². The monoisotopic (exact) mass is 445 g/mol. The molecule has 0 aliphatic carbocycles. The first-order chi connectivity index (χ1) is 16.1. The number of aryl methyl sites for hydroxylation is 1. The van der Waals surface area contributed by atoms with Gasteiger partial charge in [0.25, 0.3) is 0 Å². The third kappa shape index (κ3) is 3.93. The Morgan fingerprint density at radius 3 is 2.76 bits per heavy atom. The molecule has 33 heavy (non-hydrogen) atoms. The molecule has 7 heteroatoms. The van der Waals surface area contributed by atoms with E-state index in [1.54, 1.807) is 24.3 Å². The van der Waals surface area contributed by atoms with Gasteiger partial charge >= 0.3 is 0 Å². The molecule has 5 rings (SSSR count). The van der Waals surface area contributed by atoms with Crippen LogP contribution in [0.15, 0.2) is 42.6 Å². The van der Waals surface area contributed by atoms with Gasteiger partial charge in [-0.15, -0.1) is 0 Å². The van der Waals surface area contributed by atoms with E-state index in [9.17, 15) is 5.11 Å². The Hall–Kier alpha value is -3.45. The number of imidazole rings is 1. The molecule has 170 valence electrons. The fourth-order valence-corrected chi connectivity index (χ4v) is 4.65. The maximum Gasteiger partial charge on any atom is 0.159 e. The smallest absolute Gasteiger partial charge is 0.159 e. The summed E-state index contributed by atoms with van der Waals surface area (Å²) >= 11 is 0. The maximum absolute atomic E-state index is 15.5. The molecule has 2 aromatic heterocycles. The molecule has 0 radical (unpaired) electrons. The molecule has 4 aromatic rings. The van der Waals surface area contributed by atoms with Gasteiger partial charge in [0.1, 0.15) is 17.0 Å². The van der Waals surface area contributed by atoms with Crippen molar-refractivity contribution in [2.45, 2.75) is 33.1 Å². The summed E-state index contributed by atoms with van der Waals surface area (Å²) in [5.41, 5.74) is 5.26. The van der Waals surface area contributed by atoms with E-state index in [2.05, 4.69) is 33.1 Å². The molecule has 0 fully saturated rings. The second kappa shape index (κ2) is 8.83. The molecule has 1 aliphatic heterocycles. The highest BCUT2D eigenvalue weighted by Gasteiger charge is 2.20. The molecular weight excluding hydrogens is 417 g/mol. The number of aromatic hydroxyl groups is 1. The minimum absolute atomic E-state index is 0.181. The van der Waals surface area contributed by atoms with Crippen molar-refractivity contribution in [3.63, 3.8) is 0 Å². The Morgan fingerprint density at radius 1 is 1.15 bits per heavy atom. The van der Waals surface area contributed by atoms with E-state index >= 15 is 4.39 Å². The maximum atomic E-state index is 15.5. The lowest BCUT2D eigenvalue weighted by molar-refractivity contribution is 0.302. The Kier molecular flexibility index (Phi) is 5.72. The Labute approximate surface area is 192 Å². The molecule has 0 unspecified atom stereocenters. The molecule has 0 spiro atoms. The van der Waals surface area contributed by atoms with Gasteiger partial charge in [0, 0.05) is 30.2 Å². The van der Waals surface area contributed by atoms with Gasteiger partial charge in [-0.2, -0.15) is 5.10 Å². The number of hydrogen-bond donors (Lipinski definition) is 3. The predicted molar refractivity (Wildman–Crippen MR) is 129 cm³/mol. The number of phenolic OH excluding ortho intramolecular Hbond substituents is 1. The van der Waals surface area contributed by atoms with Crippen LogP contribution in [0.1, 0.15) is 37.9 Å². The minimum atomic E-state index is -0.357. The van der Waals surface area contributed by atoms with Gasteiger partial charge in [0.2, 0.25) is 0 Å². The minimum Gasteiger partial charge on any atom is -0.508 e. The van der Waals surface area contributed by atoms with E-state index in [0.717, 1.165) is 49.3 Å². The highest BCUT2D eigenvalue weighted by atomic mass is 19.1. The summed E-state index contributed by atoms with van der Waals surface area (Å²) < 4.78 is 15.5. The number of halogens is 1. The van der Waals surface area contributed by atoms with Crippen LogP contribution in [0, 0.1) is 5.82 Å². The first-order valence-corrected chi connectivity index (χ1v) is 11.6. The number of nitrogens with one attached hydrogen (secondary N) is 2. The van der Waals surface area contributed by atoms with E-state index in [4.69, 9.17) is 4.98 Å². The summed E-state index contributed by atoms with van der Waals surface area (Å²) in [6.07, 6.45) is 6.97. The van der Waals surface area contributed by atoms with Crippen LogP contribution >= 0.6 is 0 Å². The Bertz CT molecular complexity index is 1340. The number of aromatic nitrogens is 4. The quantitative estimate of drug-likeness (QED) is 0.365. The number of rotatable bonds is 6. The second-order valence-electron chi connectivity index (χ2n) is 8.53. The van der Waals surface area contributed by atoms with E-state index in [0.29, 0.717) is 34.4 Å². The van der Waals surface area contributed by atoms with Crippen LogP contribution in [0.3, 0.4) is 0 Å². The summed E-state index contributed by atoms with van der Waals surface area (Å²) in [7, 11) is 0. The first-order valence-electron chi connectivity index (χ1n) is 11.6. The highest BCUT2D eigenvalue weighted by molar-refractivity contribution is 5.94. The molecular formula is C26H28FN5O. The Balaban J connectivity index is 1.48. The van der Waals surface area contributed by atoms with Crippen LogP contribution in [0.25, 0.3) is 39.1 Å². The van der Waals surface area contributed by atoms with Crippen molar-refractivity contribution < 1.29 is 9.50 Å². The number of hydrogen-bond acceptors (Lipinski definition) is 4. The molecule has 0 bridgehead atoms. The van der Waals surface area contributed by atoms with Crippen molar-refractivity contribution in [3.8, 4) is 28.4 Å². The van der Waals surface area contributed by atoms with Gasteiger partial charge in [-0.05, 0) is 60.7 Å².